The number of aliphatic imine (C=N–C) groups is 1. The number of aromatic nitrogens is 2. The average molecular weight is 402 g/mol. The van der Waals surface area contributed by atoms with Crippen molar-refractivity contribution in [1.82, 2.24) is 9.78 Å². The Morgan fingerprint density at radius 2 is 1.31 bits per heavy atom. The molecule has 3 aliphatic rings. The van der Waals surface area contributed by atoms with Gasteiger partial charge in [0.05, 0.1) is 5.69 Å². The minimum atomic E-state index is 0.510. The highest BCUT2D eigenvalue weighted by Gasteiger charge is 2.14. The van der Waals surface area contributed by atoms with Crippen LogP contribution in [0.4, 0.5) is 0 Å². The second kappa shape index (κ2) is 13.8. The fourth-order valence-corrected chi connectivity index (χ4v) is 3.35. The molecule has 1 aromatic rings. The maximum Gasteiger partial charge on any atom is 0.0656 e. The van der Waals surface area contributed by atoms with E-state index in [-0.39, 0.29) is 0 Å². The molecule has 0 saturated heterocycles. The molecular formula is C26H47N3. The molecule has 0 bridgehead atoms. The molecule has 1 aromatic heterocycles. The Bertz CT molecular complexity index is 597. The number of allylic oxidation sites excluding steroid dienone is 2. The summed E-state index contributed by atoms with van der Waals surface area (Å²) in [5.41, 5.74) is 5.84. The molecule has 0 atom stereocenters. The van der Waals surface area contributed by atoms with E-state index in [1.807, 2.05) is 0 Å². The summed E-state index contributed by atoms with van der Waals surface area (Å²) < 4.78 is 2.09. The highest BCUT2D eigenvalue weighted by molar-refractivity contribution is 5.67. The van der Waals surface area contributed by atoms with Crippen molar-refractivity contribution in [2.24, 2.45) is 16.8 Å². The van der Waals surface area contributed by atoms with Gasteiger partial charge in [0.2, 0.25) is 0 Å². The molecule has 0 spiro atoms. The maximum atomic E-state index is 4.57. The lowest BCUT2D eigenvalue weighted by Gasteiger charge is -2.10. The Labute approximate surface area is 181 Å². The third-order valence-corrected chi connectivity index (χ3v) is 4.67. The van der Waals surface area contributed by atoms with Gasteiger partial charge in [0.25, 0.3) is 0 Å². The van der Waals surface area contributed by atoms with Crippen LogP contribution in [0.5, 0.6) is 0 Å². The lowest BCUT2D eigenvalue weighted by Crippen LogP contribution is -2.02. The number of aryl methyl sites for hydroxylation is 2. The summed E-state index contributed by atoms with van der Waals surface area (Å²) in [4.78, 5) is 4.31. The van der Waals surface area contributed by atoms with Crippen LogP contribution in [-0.4, -0.2) is 16.0 Å². The first kappa shape index (κ1) is 25.7. The maximum absolute atomic E-state index is 4.57. The van der Waals surface area contributed by atoms with Gasteiger partial charge in [0.1, 0.15) is 0 Å². The molecule has 166 valence electrons. The van der Waals surface area contributed by atoms with E-state index in [9.17, 15) is 0 Å². The van der Waals surface area contributed by atoms with Gasteiger partial charge in [-0.1, -0.05) is 41.5 Å². The van der Waals surface area contributed by atoms with Gasteiger partial charge in [-0.2, -0.15) is 5.10 Å². The van der Waals surface area contributed by atoms with Gasteiger partial charge >= 0.3 is 0 Å². The lowest BCUT2D eigenvalue weighted by atomic mass is 9.96. The van der Waals surface area contributed by atoms with E-state index in [1.165, 1.54) is 68.3 Å². The van der Waals surface area contributed by atoms with Gasteiger partial charge in [0, 0.05) is 30.6 Å². The van der Waals surface area contributed by atoms with Crippen LogP contribution in [0.2, 0.25) is 0 Å². The summed E-state index contributed by atoms with van der Waals surface area (Å²) in [7, 11) is 0. The van der Waals surface area contributed by atoms with E-state index in [0.29, 0.717) is 6.04 Å². The molecule has 3 nitrogen and oxygen atoms in total. The molecule has 2 heterocycles. The summed E-state index contributed by atoms with van der Waals surface area (Å²) in [6.07, 6.45) is 15.8. The minimum absolute atomic E-state index is 0.510. The predicted octanol–water partition coefficient (Wildman–Crippen LogP) is 7.96. The Morgan fingerprint density at radius 1 is 0.759 bits per heavy atom. The fourth-order valence-electron chi connectivity index (χ4n) is 3.35. The Hall–Kier alpha value is -1.38. The predicted molar refractivity (Wildman–Crippen MR) is 129 cm³/mol. The summed E-state index contributed by atoms with van der Waals surface area (Å²) in [6, 6.07) is 0.510. The Morgan fingerprint density at radius 3 is 1.86 bits per heavy atom. The number of nitrogens with zero attached hydrogens (tertiary/aromatic N) is 3. The topological polar surface area (TPSA) is 30.2 Å². The van der Waals surface area contributed by atoms with Crippen LogP contribution >= 0.6 is 0 Å². The summed E-state index contributed by atoms with van der Waals surface area (Å²) in [5.74, 6) is 1.67. The number of hydrogen-bond donors (Lipinski definition) is 0. The van der Waals surface area contributed by atoms with Crippen molar-refractivity contribution in [3.05, 3.63) is 28.7 Å². The van der Waals surface area contributed by atoms with E-state index in [2.05, 4.69) is 82.6 Å². The molecule has 0 unspecified atom stereocenters. The van der Waals surface area contributed by atoms with Gasteiger partial charge in [-0.05, 0) is 88.2 Å². The van der Waals surface area contributed by atoms with Crippen molar-refractivity contribution in [1.29, 1.82) is 0 Å². The van der Waals surface area contributed by atoms with Crippen molar-refractivity contribution in [2.45, 2.75) is 119 Å². The largest absolute Gasteiger partial charge is 0.270 e. The van der Waals surface area contributed by atoms with Gasteiger partial charge in [0.15, 0.2) is 0 Å². The van der Waals surface area contributed by atoms with E-state index >= 15 is 0 Å². The van der Waals surface area contributed by atoms with Gasteiger partial charge in [-0.25, -0.2) is 0 Å². The van der Waals surface area contributed by atoms with Crippen LogP contribution in [0, 0.1) is 11.8 Å². The first-order valence-corrected chi connectivity index (χ1v) is 12.0. The third-order valence-electron chi connectivity index (χ3n) is 4.67. The first-order valence-electron chi connectivity index (χ1n) is 12.0. The SMILES string of the molecule is C1=NC2=C(C1)CCCC2.CC(C)C.CC(C)C.CC(C)n1cc2c(n1)CCCC2. The molecule has 0 aromatic carbocycles. The molecule has 0 fully saturated rings. The summed E-state index contributed by atoms with van der Waals surface area (Å²) in [6.45, 7) is 17.4. The van der Waals surface area contributed by atoms with E-state index in [1.54, 1.807) is 5.57 Å². The van der Waals surface area contributed by atoms with Crippen molar-refractivity contribution < 1.29 is 0 Å². The van der Waals surface area contributed by atoms with Crippen molar-refractivity contribution >= 4 is 6.21 Å². The molecule has 0 saturated carbocycles. The van der Waals surface area contributed by atoms with E-state index < -0.39 is 0 Å². The molecule has 0 N–H and O–H groups in total. The molecular weight excluding hydrogens is 354 g/mol. The zero-order valence-electron chi connectivity index (χ0n) is 20.6. The monoisotopic (exact) mass is 401 g/mol. The van der Waals surface area contributed by atoms with Crippen LogP contribution in [0.25, 0.3) is 0 Å². The molecule has 0 amide bonds. The second-order valence-corrected chi connectivity index (χ2v) is 10.1. The highest BCUT2D eigenvalue weighted by Crippen LogP contribution is 2.30. The van der Waals surface area contributed by atoms with Gasteiger partial charge < -0.3 is 0 Å². The Kier molecular flexibility index (Phi) is 12.2. The van der Waals surface area contributed by atoms with Crippen LogP contribution in [-0.2, 0) is 12.8 Å². The highest BCUT2D eigenvalue weighted by atomic mass is 15.3. The molecule has 29 heavy (non-hydrogen) atoms. The molecule has 2 aliphatic carbocycles. The van der Waals surface area contributed by atoms with E-state index in [0.717, 1.165) is 18.3 Å². The smallest absolute Gasteiger partial charge is 0.0656 e. The quantitative estimate of drug-likeness (QED) is 0.469. The number of hydrogen-bond acceptors (Lipinski definition) is 2. The number of rotatable bonds is 1. The second-order valence-electron chi connectivity index (χ2n) is 10.1. The zero-order chi connectivity index (χ0) is 21.8. The average Bonchev–Trinajstić information content (AvgIpc) is 3.28. The van der Waals surface area contributed by atoms with Gasteiger partial charge in [-0.15, -0.1) is 0 Å². The van der Waals surface area contributed by atoms with Crippen molar-refractivity contribution in [3.8, 4) is 0 Å². The van der Waals surface area contributed by atoms with E-state index in [4.69, 9.17) is 0 Å². The lowest BCUT2D eigenvalue weighted by molar-refractivity contribution is 0.525. The van der Waals surface area contributed by atoms with Crippen LogP contribution in [0.1, 0.15) is 118 Å². The zero-order valence-corrected chi connectivity index (χ0v) is 20.6. The van der Waals surface area contributed by atoms with Crippen molar-refractivity contribution in [2.75, 3.05) is 0 Å². The summed E-state index contributed by atoms with van der Waals surface area (Å²) >= 11 is 0. The van der Waals surface area contributed by atoms with Gasteiger partial charge in [-0.3, -0.25) is 9.67 Å². The molecule has 3 heteroatoms. The molecule has 0 radical (unpaired) electrons. The van der Waals surface area contributed by atoms with Crippen LogP contribution < -0.4 is 0 Å². The van der Waals surface area contributed by atoms with Crippen LogP contribution in [0.15, 0.2) is 22.5 Å². The molecule has 1 aliphatic heterocycles. The standard InChI is InChI=1S/C10H16N2.C8H11N.2C4H10/c1-8(2)12-7-9-5-3-4-6-10(9)11-12;1-2-4-8-7(3-1)5-6-9-8;2*1-4(2)3/h7-8H,3-6H2,1-2H3;6H,1-5H2;2*4H,1-3H3. The van der Waals surface area contributed by atoms with Crippen LogP contribution in [0.3, 0.4) is 0 Å². The minimum Gasteiger partial charge on any atom is -0.270 e. The number of fused-ring (bicyclic) bond motifs is 1. The Balaban J connectivity index is 0.000000218. The molecule has 4 rings (SSSR count). The fraction of sp³-hybridized carbons (Fsp3) is 0.769. The third kappa shape index (κ3) is 10.8. The summed E-state index contributed by atoms with van der Waals surface area (Å²) in [5, 5.41) is 4.57. The van der Waals surface area contributed by atoms with Crippen molar-refractivity contribution in [3.63, 3.8) is 0 Å². The normalized spacial score (nSPS) is 17.1. The first-order chi connectivity index (χ1) is 13.7.